The zero-order valence-corrected chi connectivity index (χ0v) is 16.3. The van der Waals surface area contributed by atoms with E-state index in [1.807, 2.05) is 31.2 Å². The van der Waals surface area contributed by atoms with Gasteiger partial charge in [0.25, 0.3) is 0 Å². The lowest BCUT2D eigenvalue weighted by Crippen LogP contribution is -2.23. The molecule has 0 aliphatic heterocycles. The van der Waals surface area contributed by atoms with Crippen molar-refractivity contribution in [2.75, 3.05) is 6.61 Å². The van der Waals surface area contributed by atoms with Gasteiger partial charge in [-0.2, -0.15) is 0 Å². The first-order valence-corrected chi connectivity index (χ1v) is 9.50. The minimum atomic E-state index is -0.267. The Kier molecular flexibility index (Phi) is 5.31. The highest BCUT2D eigenvalue weighted by Crippen LogP contribution is 2.38. The molecule has 2 heteroatoms. The average molecular weight is 348 g/mol. The van der Waals surface area contributed by atoms with E-state index in [0.29, 0.717) is 12.2 Å². The molecule has 0 atom stereocenters. The Labute approximate surface area is 156 Å². The Bertz CT molecular complexity index is 826. The molecule has 0 fully saturated rings. The highest BCUT2D eigenvalue weighted by molar-refractivity contribution is 5.90. The molecule has 26 heavy (non-hydrogen) atoms. The second-order valence-electron chi connectivity index (χ2n) is 7.78. The molecule has 0 spiro atoms. The van der Waals surface area contributed by atoms with E-state index in [2.05, 4.69) is 45.0 Å². The maximum atomic E-state index is 11.8. The summed E-state index contributed by atoms with van der Waals surface area (Å²) in [5.41, 5.74) is 7.43. The summed E-state index contributed by atoms with van der Waals surface area (Å²) in [5.74, 6) is -0.267. The van der Waals surface area contributed by atoms with Gasteiger partial charge in [0.15, 0.2) is 0 Å². The number of hydrogen-bond acceptors (Lipinski definition) is 2. The summed E-state index contributed by atoms with van der Waals surface area (Å²) in [7, 11) is 0. The number of rotatable bonds is 4. The fourth-order valence-electron chi connectivity index (χ4n) is 3.79. The van der Waals surface area contributed by atoms with Crippen molar-refractivity contribution in [3.05, 3.63) is 70.3 Å². The standard InChI is InChI=1S/C24H28O2/c1-5-26-23(25)20-10-8-18(9-11-20)15-17(2)21-13-12-19-7-6-14-24(3,4)22(19)16-21/h8-13,15-16H,5-7,14H2,1-4H3/b17-15-. The van der Waals surface area contributed by atoms with Crippen molar-refractivity contribution in [2.45, 2.75) is 52.4 Å². The molecule has 0 N–H and O–H groups in total. The summed E-state index contributed by atoms with van der Waals surface area (Å²) in [5, 5.41) is 0. The SMILES string of the molecule is CCOC(=O)c1ccc(/C=C(/C)c2ccc3c(c2)C(C)(C)CCC3)cc1. The first-order chi connectivity index (χ1) is 12.4. The minimum absolute atomic E-state index is 0.255. The predicted octanol–water partition coefficient (Wildman–Crippen LogP) is 6.04. The van der Waals surface area contributed by atoms with E-state index in [0.717, 1.165) is 5.56 Å². The fourth-order valence-corrected chi connectivity index (χ4v) is 3.79. The molecule has 1 aliphatic rings. The predicted molar refractivity (Wildman–Crippen MR) is 108 cm³/mol. The number of carbonyl (C=O) groups excluding carboxylic acids is 1. The van der Waals surface area contributed by atoms with Crippen molar-refractivity contribution in [3.8, 4) is 0 Å². The zero-order valence-electron chi connectivity index (χ0n) is 16.3. The van der Waals surface area contributed by atoms with Gasteiger partial charge in [0.05, 0.1) is 12.2 Å². The summed E-state index contributed by atoms with van der Waals surface area (Å²) in [6.45, 7) is 9.06. The molecule has 0 bridgehead atoms. The zero-order chi connectivity index (χ0) is 18.7. The van der Waals surface area contributed by atoms with Crippen molar-refractivity contribution in [1.82, 2.24) is 0 Å². The van der Waals surface area contributed by atoms with Crippen LogP contribution in [0.4, 0.5) is 0 Å². The normalized spacial score (nSPS) is 16.1. The van der Waals surface area contributed by atoms with Gasteiger partial charge in [0, 0.05) is 0 Å². The Hall–Kier alpha value is -2.35. The van der Waals surface area contributed by atoms with Crippen LogP contribution < -0.4 is 0 Å². The fraction of sp³-hybridized carbons (Fsp3) is 0.375. The van der Waals surface area contributed by atoms with Crippen LogP contribution in [-0.4, -0.2) is 12.6 Å². The van der Waals surface area contributed by atoms with Crippen LogP contribution in [0.3, 0.4) is 0 Å². The van der Waals surface area contributed by atoms with E-state index in [1.54, 1.807) is 0 Å². The Morgan fingerprint density at radius 3 is 2.50 bits per heavy atom. The lowest BCUT2D eigenvalue weighted by Gasteiger charge is -2.33. The molecule has 2 aromatic carbocycles. The van der Waals surface area contributed by atoms with E-state index in [-0.39, 0.29) is 11.4 Å². The molecular weight excluding hydrogens is 320 g/mol. The topological polar surface area (TPSA) is 26.3 Å². The molecule has 1 aliphatic carbocycles. The van der Waals surface area contributed by atoms with Gasteiger partial charge < -0.3 is 4.74 Å². The molecule has 0 unspecified atom stereocenters. The lowest BCUT2D eigenvalue weighted by molar-refractivity contribution is 0.0526. The van der Waals surface area contributed by atoms with E-state index in [1.165, 1.54) is 41.5 Å². The first kappa shape index (κ1) is 18.4. The smallest absolute Gasteiger partial charge is 0.338 e. The van der Waals surface area contributed by atoms with Crippen LogP contribution in [0, 0.1) is 0 Å². The number of allylic oxidation sites excluding steroid dienone is 1. The van der Waals surface area contributed by atoms with E-state index in [9.17, 15) is 4.79 Å². The van der Waals surface area contributed by atoms with Crippen molar-refractivity contribution in [3.63, 3.8) is 0 Å². The van der Waals surface area contributed by atoms with Gasteiger partial charge in [0.1, 0.15) is 0 Å². The molecule has 0 amide bonds. The second kappa shape index (κ2) is 7.49. The van der Waals surface area contributed by atoms with E-state index in [4.69, 9.17) is 4.74 Å². The summed E-state index contributed by atoms with van der Waals surface area (Å²) >= 11 is 0. The number of aryl methyl sites for hydroxylation is 1. The Morgan fingerprint density at radius 1 is 1.12 bits per heavy atom. The summed E-state index contributed by atoms with van der Waals surface area (Å²) < 4.78 is 5.04. The highest BCUT2D eigenvalue weighted by Gasteiger charge is 2.27. The number of hydrogen-bond donors (Lipinski definition) is 0. The highest BCUT2D eigenvalue weighted by atomic mass is 16.5. The van der Waals surface area contributed by atoms with E-state index >= 15 is 0 Å². The molecule has 0 radical (unpaired) electrons. The molecule has 3 rings (SSSR count). The summed E-state index contributed by atoms with van der Waals surface area (Å²) in [4.78, 5) is 11.8. The molecule has 0 heterocycles. The monoisotopic (exact) mass is 348 g/mol. The molecule has 0 saturated carbocycles. The van der Waals surface area contributed by atoms with Crippen LogP contribution >= 0.6 is 0 Å². The molecule has 136 valence electrons. The van der Waals surface area contributed by atoms with Gasteiger partial charge in [0.2, 0.25) is 0 Å². The number of fused-ring (bicyclic) bond motifs is 1. The van der Waals surface area contributed by atoms with Crippen LogP contribution in [0.15, 0.2) is 42.5 Å². The first-order valence-electron chi connectivity index (χ1n) is 9.50. The molecule has 0 saturated heterocycles. The van der Waals surface area contributed by atoms with Crippen LogP contribution in [0.25, 0.3) is 11.6 Å². The van der Waals surface area contributed by atoms with Crippen molar-refractivity contribution >= 4 is 17.6 Å². The largest absolute Gasteiger partial charge is 0.462 e. The van der Waals surface area contributed by atoms with Gasteiger partial charge >= 0.3 is 5.97 Å². The third-order valence-electron chi connectivity index (χ3n) is 5.35. The third kappa shape index (κ3) is 3.90. The Morgan fingerprint density at radius 2 is 1.81 bits per heavy atom. The lowest BCUT2D eigenvalue weighted by atomic mass is 9.72. The summed E-state index contributed by atoms with van der Waals surface area (Å²) in [6.07, 6.45) is 5.89. The van der Waals surface area contributed by atoms with Crippen LogP contribution in [-0.2, 0) is 16.6 Å². The van der Waals surface area contributed by atoms with Crippen LogP contribution in [0.2, 0.25) is 0 Å². The minimum Gasteiger partial charge on any atom is -0.462 e. The van der Waals surface area contributed by atoms with Crippen molar-refractivity contribution in [2.24, 2.45) is 0 Å². The number of benzene rings is 2. The van der Waals surface area contributed by atoms with E-state index < -0.39 is 0 Å². The van der Waals surface area contributed by atoms with Gasteiger partial charge in [-0.3, -0.25) is 0 Å². The van der Waals surface area contributed by atoms with Crippen molar-refractivity contribution < 1.29 is 9.53 Å². The van der Waals surface area contributed by atoms with Gasteiger partial charge in [-0.05, 0) is 78.5 Å². The maximum Gasteiger partial charge on any atom is 0.338 e. The third-order valence-corrected chi connectivity index (χ3v) is 5.35. The van der Waals surface area contributed by atoms with Crippen molar-refractivity contribution in [1.29, 1.82) is 0 Å². The molecule has 0 aromatic heterocycles. The average Bonchev–Trinajstić information content (AvgIpc) is 2.62. The van der Waals surface area contributed by atoms with Gasteiger partial charge in [-0.15, -0.1) is 0 Å². The quantitative estimate of drug-likeness (QED) is 0.497. The molecule has 2 nitrogen and oxygen atoms in total. The maximum absolute atomic E-state index is 11.8. The van der Waals surface area contributed by atoms with Gasteiger partial charge in [-0.25, -0.2) is 4.79 Å². The van der Waals surface area contributed by atoms with Crippen LogP contribution in [0.5, 0.6) is 0 Å². The number of ether oxygens (including phenoxy) is 1. The number of carbonyl (C=O) groups is 1. The number of esters is 1. The second-order valence-corrected chi connectivity index (χ2v) is 7.78. The molecular formula is C24H28O2. The summed E-state index contributed by atoms with van der Waals surface area (Å²) in [6, 6.07) is 14.5. The van der Waals surface area contributed by atoms with Gasteiger partial charge in [-0.1, -0.05) is 50.3 Å². The Balaban J connectivity index is 1.85. The van der Waals surface area contributed by atoms with Crippen LogP contribution in [0.1, 0.15) is 73.1 Å². The molecule has 2 aromatic rings.